The van der Waals surface area contributed by atoms with Crippen LogP contribution in [0.1, 0.15) is 37.8 Å². The van der Waals surface area contributed by atoms with Crippen molar-refractivity contribution in [2.75, 3.05) is 5.73 Å². The first-order valence-electron chi connectivity index (χ1n) is 4.90. The molecule has 0 aliphatic carbocycles. The number of nitrogen functional groups attached to an aromatic ring is 1. The van der Waals surface area contributed by atoms with Gasteiger partial charge in [-0.3, -0.25) is 4.79 Å². The van der Waals surface area contributed by atoms with Crippen LogP contribution in [0.4, 0.5) is 5.69 Å². The summed E-state index contributed by atoms with van der Waals surface area (Å²) in [6.45, 7) is 7.52. The Morgan fingerprint density at radius 3 is 2.13 bits per heavy atom. The molecule has 84 valence electrons. The van der Waals surface area contributed by atoms with Gasteiger partial charge in [0.25, 0.3) is 5.97 Å². The van der Waals surface area contributed by atoms with E-state index in [1.807, 2.05) is 12.1 Å². The molecule has 0 atom stereocenters. The Bertz CT molecular complexity index is 308. The number of carbonyl (C=O) groups is 1. The van der Waals surface area contributed by atoms with E-state index >= 15 is 0 Å². The topological polar surface area (TPSA) is 63.3 Å². The van der Waals surface area contributed by atoms with E-state index in [1.54, 1.807) is 0 Å². The Hall–Kier alpha value is -1.51. The van der Waals surface area contributed by atoms with Gasteiger partial charge in [0.2, 0.25) is 0 Å². The van der Waals surface area contributed by atoms with E-state index in [1.165, 1.54) is 11.1 Å². The zero-order chi connectivity index (χ0) is 12.0. The first kappa shape index (κ1) is 13.5. The molecule has 0 aliphatic heterocycles. The largest absolute Gasteiger partial charge is 0.481 e. The summed E-state index contributed by atoms with van der Waals surface area (Å²) in [6.07, 6.45) is 0. The fraction of sp³-hybridized carbons (Fsp3) is 0.417. The minimum Gasteiger partial charge on any atom is -0.481 e. The molecule has 0 bridgehead atoms. The van der Waals surface area contributed by atoms with Gasteiger partial charge in [-0.15, -0.1) is 0 Å². The number of rotatable bonds is 1. The fourth-order valence-corrected chi connectivity index (χ4v) is 1.49. The Kier molecular flexibility index (Phi) is 5.45. The lowest BCUT2D eigenvalue weighted by molar-refractivity contribution is -0.134. The van der Waals surface area contributed by atoms with E-state index in [0.717, 1.165) is 12.6 Å². The third kappa shape index (κ3) is 5.05. The Morgan fingerprint density at radius 1 is 1.40 bits per heavy atom. The Balaban J connectivity index is 0.000000423. The maximum atomic E-state index is 9.00. The lowest BCUT2D eigenvalue weighted by Gasteiger charge is -2.11. The molecule has 0 spiro atoms. The third-order valence-electron chi connectivity index (χ3n) is 1.94. The number of anilines is 1. The van der Waals surface area contributed by atoms with Crippen LogP contribution in [0, 0.1) is 6.92 Å². The molecule has 3 nitrogen and oxygen atoms in total. The number of nitrogens with two attached hydrogens (primary N) is 1. The van der Waals surface area contributed by atoms with E-state index in [0.29, 0.717) is 5.92 Å². The maximum Gasteiger partial charge on any atom is 0.300 e. The van der Waals surface area contributed by atoms with Gasteiger partial charge >= 0.3 is 0 Å². The highest BCUT2D eigenvalue weighted by Gasteiger charge is 2.05. The first-order valence-corrected chi connectivity index (χ1v) is 4.90. The highest BCUT2D eigenvalue weighted by molar-refractivity contribution is 5.62. The van der Waals surface area contributed by atoms with Gasteiger partial charge in [0.1, 0.15) is 0 Å². The number of aliphatic carboxylic acids is 1. The van der Waals surface area contributed by atoms with Crippen molar-refractivity contribution in [3.05, 3.63) is 29.3 Å². The summed E-state index contributed by atoms with van der Waals surface area (Å²) in [4.78, 5) is 9.00. The van der Waals surface area contributed by atoms with Gasteiger partial charge in [0.05, 0.1) is 0 Å². The summed E-state index contributed by atoms with van der Waals surface area (Å²) in [6, 6.07) is 6.06. The SMILES string of the molecule is CC(=O)O.Cc1cccc(N)c1C(C)C. The lowest BCUT2D eigenvalue weighted by Crippen LogP contribution is -1.98. The van der Waals surface area contributed by atoms with Crippen LogP contribution in [0.15, 0.2) is 18.2 Å². The van der Waals surface area contributed by atoms with Gasteiger partial charge < -0.3 is 10.8 Å². The first-order chi connectivity index (χ1) is 6.86. The molecule has 0 radical (unpaired) electrons. The highest BCUT2D eigenvalue weighted by atomic mass is 16.4. The molecular weight excluding hydrogens is 190 g/mol. The van der Waals surface area contributed by atoms with Crippen LogP contribution in [0.5, 0.6) is 0 Å². The van der Waals surface area contributed by atoms with Crippen molar-refractivity contribution in [3.8, 4) is 0 Å². The fourth-order valence-electron chi connectivity index (χ4n) is 1.49. The molecule has 1 rings (SSSR count). The molecule has 0 unspecified atom stereocenters. The number of benzene rings is 1. The summed E-state index contributed by atoms with van der Waals surface area (Å²) in [5.41, 5.74) is 9.32. The molecule has 0 amide bonds. The standard InChI is InChI=1S/C10H15N.C2H4O2/c1-7(2)10-8(3)5-4-6-9(10)11;1-2(3)4/h4-7H,11H2,1-3H3;1H3,(H,3,4). The quantitative estimate of drug-likeness (QED) is 0.699. The minimum atomic E-state index is -0.833. The van der Waals surface area contributed by atoms with Crippen LogP contribution >= 0.6 is 0 Å². The predicted octanol–water partition coefficient (Wildman–Crippen LogP) is 2.79. The van der Waals surface area contributed by atoms with Crippen LogP contribution < -0.4 is 5.73 Å². The molecule has 1 aromatic rings. The smallest absolute Gasteiger partial charge is 0.300 e. The Labute approximate surface area is 90.9 Å². The molecule has 0 aliphatic rings. The van der Waals surface area contributed by atoms with Crippen molar-refractivity contribution in [2.45, 2.75) is 33.6 Å². The average Bonchev–Trinajstić information content (AvgIpc) is 2.01. The lowest BCUT2D eigenvalue weighted by atomic mass is 9.96. The molecule has 15 heavy (non-hydrogen) atoms. The minimum absolute atomic E-state index is 0.524. The van der Waals surface area contributed by atoms with Crippen molar-refractivity contribution < 1.29 is 9.90 Å². The van der Waals surface area contributed by atoms with Crippen LogP contribution in [0.3, 0.4) is 0 Å². The summed E-state index contributed by atoms with van der Waals surface area (Å²) in [5, 5.41) is 7.42. The van der Waals surface area contributed by atoms with Gasteiger partial charge in [-0.2, -0.15) is 0 Å². The number of carboxylic acids is 1. The van der Waals surface area contributed by atoms with Gasteiger partial charge in [-0.05, 0) is 30.0 Å². The zero-order valence-electron chi connectivity index (χ0n) is 9.74. The number of hydrogen-bond donors (Lipinski definition) is 2. The second kappa shape index (κ2) is 6.06. The molecule has 3 heteroatoms. The molecule has 1 aromatic carbocycles. The maximum absolute atomic E-state index is 9.00. The van der Waals surface area contributed by atoms with Crippen molar-refractivity contribution in [2.24, 2.45) is 0 Å². The van der Waals surface area contributed by atoms with Gasteiger partial charge in [-0.1, -0.05) is 26.0 Å². The van der Waals surface area contributed by atoms with Gasteiger partial charge in [-0.25, -0.2) is 0 Å². The summed E-state index contributed by atoms with van der Waals surface area (Å²) in [7, 11) is 0. The number of carboxylic acid groups (broad SMARTS) is 1. The number of aryl methyl sites for hydroxylation is 1. The van der Waals surface area contributed by atoms with Crippen LogP contribution in [0.2, 0.25) is 0 Å². The third-order valence-corrected chi connectivity index (χ3v) is 1.94. The molecule has 3 N–H and O–H groups in total. The van der Waals surface area contributed by atoms with Gasteiger partial charge in [0, 0.05) is 12.6 Å². The second-order valence-corrected chi connectivity index (χ2v) is 3.75. The molecule has 0 aromatic heterocycles. The summed E-state index contributed by atoms with van der Waals surface area (Å²) >= 11 is 0. The normalized spacial score (nSPS) is 9.40. The van der Waals surface area contributed by atoms with Gasteiger partial charge in [0.15, 0.2) is 0 Å². The van der Waals surface area contributed by atoms with Crippen molar-refractivity contribution >= 4 is 11.7 Å². The molecule has 0 heterocycles. The molecule has 0 fully saturated rings. The average molecular weight is 209 g/mol. The van der Waals surface area contributed by atoms with E-state index in [2.05, 4.69) is 26.8 Å². The molecular formula is C12H19NO2. The zero-order valence-corrected chi connectivity index (χ0v) is 9.74. The summed E-state index contributed by atoms with van der Waals surface area (Å²) in [5.74, 6) is -0.309. The number of hydrogen-bond acceptors (Lipinski definition) is 2. The second-order valence-electron chi connectivity index (χ2n) is 3.75. The summed E-state index contributed by atoms with van der Waals surface area (Å²) < 4.78 is 0. The molecule has 0 saturated carbocycles. The van der Waals surface area contributed by atoms with E-state index < -0.39 is 5.97 Å². The van der Waals surface area contributed by atoms with E-state index in [9.17, 15) is 0 Å². The van der Waals surface area contributed by atoms with Crippen LogP contribution in [-0.4, -0.2) is 11.1 Å². The Morgan fingerprint density at radius 2 is 1.87 bits per heavy atom. The van der Waals surface area contributed by atoms with E-state index in [-0.39, 0.29) is 0 Å². The van der Waals surface area contributed by atoms with Crippen molar-refractivity contribution in [1.82, 2.24) is 0 Å². The van der Waals surface area contributed by atoms with Crippen LogP contribution in [0.25, 0.3) is 0 Å². The predicted molar refractivity (Wildman–Crippen MR) is 63.0 cm³/mol. The monoisotopic (exact) mass is 209 g/mol. The highest BCUT2D eigenvalue weighted by Crippen LogP contribution is 2.24. The van der Waals surface area contributed by atoms with Crippen LogP contribution in [-0.2, 0) is 4.79 Å². The van der Waals surface area contributed by atoms with E-state index in [4.69, 9.17) is 15.6 Å². The van der Waals surface area contributed by atoms with Crippen molar-refractivity contribution in [3.63, 3.8) is 0 Å². The van der Waals surface area contributed by atoms with Crippen molar-refractivity contribution in [1.29, 1.82) is 0 Å². The molecule has 0 saturated heterocycles.